The highest BCUT2D eigenvalue weighted by atomic mass is 31.2. The number of fused-ring (bicyclic) bond motifs is 1. The number of rotatable bonds is 5. The minimum Gasteiger partial charge on any atom is -0.387 e. The van der Waals surface area contributed by atoms with Gasteiger partial charge in [0.25, 0.3) is 0 Å². The van der Waals surface area contributed by atoms with Crippen molar-refractivity contribution in [1.82, 2.24) is 19.5 Å². The second kappa shape index (κ2) is 6.75. The molecule has 0 aliphatic carbocycles. The molecular weight excluding hydrogens is 375 g/mol. The second-order valence-electron chi connectivity index (χ2n) is 5.25. The summed E-state index contributed by atoms with van der Waals surface area (Å²) in [6.45, 7) is 0. The van der Waals surface area contributed by atoms with Gasteiger partial charge in [-0.25, -0.2) is 19.5 Å². The van der Waals surface area contributed by atoms with Crippen LogP contribution >= 0.6 is 7.82 Å². The van der Waals surface area contributed by atoms with Gasteiger partial charge in [0.2, 0.25) is 0 Å². The summed E-state index contributed by atoms with van der Waals surface area (Å²) in [7, 11) is -5.07. The van der Waals surface area contributed by atoms with Crippen molar-refractivity contribution >= 4 is 24.8 Å². The van der Waals surface area contributed by atoms with Crippen molar-refractivity contribution in [2.75, 3.05) is 5.73 Å². The number of anilines is 1. The Labute approximate surface area is 143 Å². The van der Waals surface area contributed by atoms with E-state index in [-0.39, 0.29) is 17.0 Å². The predicted octanol–water partition coefficient (Wildman–Crippen LogP) is -1.23. The molecule has 0 saturated carbocycles. The average Bonchev–Trinajstić information content (AvgIpc) is 3.09. The summed E-state index contributed by atoms with van der Waals surface area (Å²) in [6, 6.07) is 0. The number of aromatic nitrogens is 4. The molecule has 0 amide bonds. The Morgan fingerprint density at radius 1 is 1.38 bits per heavy atom. The number of imidazole rings is 1. The van der Waals surface area contributed by atoms with E-state index in [1.807, 2.05) is 0 Å². The van der Waals surface area contributed by atoms with E-state index < -0.39 is 38.6 Å². The van der Waals surface area contributed by atoms with Crippen LogP contribution in [0.5, 0.6) is 0 Å². The Morgan fingerprint density at radius 3 is 2.77 bits per heavy atom. The van der Waals surface area contributed by atoms with Crippen molar-refractivity contribution in [3.8, 4) is 0 Å². The first-order valence-electron chi connectivity index (χ1n) is 6.95. The lowest BCUT2D eigenvalue weighted by Gasteiger charge is -2.21. The number of hydrogen-bond acceptors (Lipinski definition) is 10. The maximum absolute atomic E-state index is 11.0. The molecule has 16 heteroatoms. The van der Waals surface area contributed by atoms with Crippen molar-refractivity contribution in [3.63, 3.8) is 0 Å². The zero-order valence-corrected chi connectivity index (χ0v) is 13.6. The van der Waals surface area contributed by atoms with E-state index in [4.69, 9.17) is 25.8 Å². The first-order valence-corrected chi connectivity index (χ1v) is 8.48. The Hall–Kier alpha value is -2.35. The molecular formula is C10H13N8O7P. The molecule has 3 rings (SSSR count). The standard InChI is InChI=1S/C10H13N8O7P/c11-7-3-8(14-1-13-7)18(2-15-3)10-5(20)4(19)6(24-10)9(16-17-12)25-26(21,22)23/h1-2,4-6,9-10,19-20H,(H2,11,13,14)(H2,21,22,23)/t4-,5+,6-,9?,10+/m0/s1. The summed E-state index contributed by atoms with van der Waals surface area (Å²) >= 11 is 0. The molecule has 2 aromatic rings. The quantitative estimate of drug-likeness (QED) is 0.176. The molecule has 0 bridgehead atoms. The van der Waals surface area contributed by atoms with Gasteiger partial charge < -0.3 is 30.5 Å². The van der Waals surface area contributed by atoms with E-state index in [1.54, 1.807) is 0 Å². The predicted molar refractivity (Wildman–Crippen MR) is 81.7 cm³/mol. The number of aliphatic hydroxyl groups is 2. The van der Waals surface area contributed by atoms with Gasteiger partial charge in [-0.3, -0.25) is 9.09 Å². The summed E-state index contributed by atoms with van der Waals surface area (Å²) in [5, 5.41) is 23.5. The SMILES string of the molecule is [N-]=[N+]=NC(OP(=O)(O)O)[C@H]1O[C@@H](n2cnc3c(N)ncnc32)[C@H](O)[C@@H]1O. The molecule has 3 heterocycles. The van der Waals surface area contributed by atoms with Gasteiger partial charge in [-0.05, 0) is 5.53 Å². The van der Waals surface area contributed by atoms with Crippen molar-refractivity contribution in [1.29, 1.82) is 0 Å². The van der Waals surface area contributed by atoms with Crippen LogP contribution in [0.25, 0.3) is 21.6 Å². The first kappa shape index (κ1) is 18.4. The largest absolute Gasteiger partial charge is 0.470 e. The smallest absolute Gasteiger partial charge is 0.387 e. The van der Waals surface area contributed by atoms with Crippen LogP contribution < -0.4 is 5.73 Å². The molecule has 0 spiro atoms. The average molecular weight is 388 g/mol. The lowest BCUT2D eigenvalue weighted by atomic mass is 10.1. The fraction of sp³-hybridized carbons (Fsp3) is 0.500. The molecule has 26 heavy (non-hydrogen) atoms. The van der Waals surface area contributed by atoms with E-state index in [9.17, 15) is 14.8 Å². The molecule has 1 saturated heterocycles. The van der Waals surface area contributed by atoms with E-state index >= 15 is 0 Å². The fourth-order valence-corrected chi connectivity index (χ4v) is 2.99. The van der Waals surface area contributed by atoms with Crippen LogP contribution in [0.2, 0.25) is 0 Å². The normalized spacial score (nSPS) is 27.4. The van der Waals surface area contributed by atoms with Gasteiger partial charge in [0.15, 0.2) is 23.9 Å². The minimum absolute atomic E-state index is 0.0788. The van der Waals surface area contributed by atoms with Gasteiger partial charge in [0, 0.05) is 4.91 Å². The molecule has 6 N–H and O–H groups in total. The summed E-state index contributed by atoms with van der Waals surface area (Å²) in [6.07, 6.45) is -5.63. The Kier molecular flexibility index (Phi) is 4.79. The number of phosphoric acid groups is 1. The Balaban J connectivity index is 1.94. The number of hydrogen-bond donors (Lipinski definition) is 5. The van der Waals surface area contributed by atoms with Crippen LogP contribution in [-0.2, 0) is 13.8 Å². The number of ether oxygens (including phenoxy) is 1. The third-order valence-electron chi connectivity index (χ3n) is 3.63. The number of nitrogens with two attached hydrogens (primary N) is 1. The second-order valence-corrected chi connectivity index (χ2v) is 6.44. The number of phosphoric ester groups is 1. The third-order valence-corrected chi connectivity index (χ3v) is 4.12. The maximum atomic E-state index is 11.0. The highest BCUT2D eigenvalue weighted by Gasteiger charge is 2.49. The molecule has 1 aliphatic heterocycles. The van der Waals surface area contributed by atoms with Crippen LogP contribution in [0.15, 0.2) is 17.8 Å². The zero-order chi connectivity index (χ0) is 19.1. The highest BCUT2D eigenvalue weighted by molar-refractivity contribution is 7.46. The van der Waals surface area contributed by atoms with E-state index in [0.717, 1.165) is 6.33 Å². The molecule has 0 aromatic carbocycles. The van der Waals surface area contributed by atoms with Gasteiger partial charge in [-0.15, -0.1) is 0 Å². The Morgan fingerprint density at radius 2 is 2.12 bits per heavy atom. The highest BCUT2D eigenvalue weighted by Crippen LogP contribution is 2.42. The summed E-state index contributed by atoms with van der Waals surface area (Å²) < 4.78 is 22.0. The zero-order valence-electron chi connectivity index (χ0n) is 12.7. The molecule has 0 radical (unpaired) electrons. The summed E-state index contributed by atoms with van der Waals surface area (Å²) in [5.74, 6) is 0.0788. The number of aliphatic hydroxyl groups excluding tert-OH is 2. The van der Waals surface area contributed by atoms with E-state index in [0.29, 0.717) is 0 Å². The topological polar surface area (TPSA) is 235 Å². The number of nitrogens with zero attached hydrogens (tertiary/aromatic N) is 7. The van der Waals surface area contributed by atoms with Gasteiger partial charge in [-0.1, -0.05) is 5.11 Å². The van der Waals surface area contributed by atoms with Crippen LogP contribution in [-0.4, -0.2) is 64.1 Å². The number of azide groups is 1. The number of nitrogen functional groups attached to an aromatic ring is 1. The summed E-state index contributed by atoms with van der Waals surface area (Å²) in [5.41, 5.74) is 14.6. The molecule has 1 fully saturated rings. The van der Waals surface area contributed by atoms with Crippen molar-refractivity contribution in [2.24, 2.45) is 5.11 Å². The van der Waals surface area contributed by atoms with E-state index in [1.165, 1.54) is 10.9 Å². The minimum atomic E-state index is -5.07. The van der Waals surface area contributed by atoms with Crippen molar-refractivity contribution in [2.45, 2.75) is 30.8 Å². The fourth-order valence-electron chi connectivity index (χ4n) is 2.55. The van der Waals surface area contributed by atoms with Crippen LogP contribution in [0.1, 0.15) is 6.23 Å². The first-order chi connectivity index (χ1) is 12.2. The van der Waals surface area contributed by atoms with Crippen LogP contribution in [0.3, 0.4) is 0 Å². The molecule has 1 unspecified atom stereocenters. The maximum Gasteiger partial charge on any atom is 0.470 e. The van der Waals surface area contributed by atoms with Gasteiger partial charge >= 0.3 is 7.82 Å². The molecule has 5 atom stereocenters. The molecule has 2 aromatic heterocycles. The Bertz CT molecular complexity index is 910. The summed E-state index contributed by atoms with van der Waals surface area (Å²) in [4.78, 5) is 31.9. The molecule has 1 aliphatic rings. The van der Waals surface area contributed by atoms with Crippen LogP contribution in [0.4, 0.5) is 5.82 Å². The molecule has 15 nitrogen and oxygen atoms in total. The van der Waals surface area contributed by atoms with Crippen LogP contribution in [0, 0.1) is 0 Å². The lowest BCUT2D eigenvalue weighted by Crippen LogP contribution is -2.38. The van der Waals surface area contributed by atoms with Gasteiger partial charge in [-0.2, -0.15) is 0 Å². The van der Waals surface area contributed by atoms with Gasteiger partial charge in [0.1, 0.15) is 30.2 Å². The van der Waals surface area contributed by atoms with Crippen molar-refractivity contribution in [3.05, 3.63) is 23.1 Å². The monoisotopic (exact) mass is 388 g/mol. The third kappa shape index (κ3) is 3.33. The lowest BCUT2D eigenvalue weighted by molar-refractivity contribution is -0.0789. The van der Waals surface area contributed by atoms with Gasteiger partial charge in [0.05, 0.1) is 6.33 Å². The van der Waals surface area contributed by atoms with E-state index in [2.05, 4.69) is 29.5 Å². The van der Waals surface area contributed by atoms with Crippen molar-refractivity contribution < 1.29 is 33.8 Å². The molecule has 140 valence electrons.